The Morgan fingerprint density at radius 2 is 1.95 bits per heavy atom. The third kappa shape index (κ3) is 2.94. The van der Waals surface area contributed by atoms with Crippen molar-refractivity contribution in [2.45, 2.75) is 4.90 Å². The molecule has 0 fully saturated rings. The first-order valence-electron chi connectivity index (χ1n) is 5.68. The fraction of sp³-hybridized carbons (Fsp3) is 0.133. The number of rotatable bonds is 4. The smallest absolute Gasteiger partial charge is 0.194 e. The quantitative estimate of drug-likeness (QED) is 0.621. The van der Waals surface area contributed by atoms with Crippen LogP contribution in [-0.2, 0) is 0 Å². The average Bonchev–Trinajstić information content (AvgIpc) is 2.46. The van der Waals surface area contributed by atoms with Crippen molar-refractivity contribution in [1.82, 2.24) is 0 Å². The van der Waals surface area contributed by atoms with Crippen LogP contribution in [0.4, 0.5) is 0 Å². The Bertz CT molecular complexity index is 611. The standard InChI is InChI=1S/C15H13ClO2S/c1-18-13-8-7-10(9-12(13)16)15(17)11-5-3-4-6-14(11)19-2/h3-9H,1-2H3. The van der Waals surface area contributed by atoms with Gasteiger partial charge in [-0.3, -0.25) is 4.79 Å². The van der Waals surface area contributed by atoms with E-state index in [4.69, 9.17) is 16.3 Å². The first-order valence-corrected chi connectivity index (χ1v) is 7.29. The summed E-state index contributed by atoms with van der Waals surface area (Å²) in [6.07, 6.45) is 1.95. The van der Waals surface area contributed by atoms with Crippen LogP contribution in [0.2, 0.25) is 5.02 Å². The van der Waals surface area contributed by atoms with Crippen molar-refractivity contribution in [3.63, 3.8) is 0 Å². The maximum atomic E-state index is 12.5. The Morgan fingerprint density at radius 3 is 2.58 bits per heavy atom. The minimum Gasteiger partial charge on any atom is -0.495 e. The second-order valence-corrected chi connectivity index (χ2v) is 5.13. The highest BCUT2D eigenvalue weighted by atomic mass is 35.5. The van der Waals surface area contributed by atoms with Crippen molar-refractivity contribution in [1.29, 1.82) is 0 Å². The number of benzene rings is 2. The van der Waals surface area contributed by atoms with Crippen molar-refractivity contribution in [3.05, 3.63) is 58.6 Å². The normalized spacial score (nSPS) is 10.3. The molecule has 98 valence electrons. The highest BCUT2D eigenvalue weighted by Crippen LogP contribution is 2.28. The van der Waals surface area contributed by atoms with Gasteiger partial charge < -0.3 is 4.74 Å². The molecular weight excluding hydrogens is 280 g/mol. The Morgan fingerprint density at radius 1 is 1.21 bits per heavy atom. The number of thioether (sulfide) groups is 1. The van der Waals surface area contributed by atoms with Crippen molar-refractivity contribution in [2.75, 3.05) is 13.4 Å². The lowest BCUT2D eigenvalue weighted by Gasteiger charge is -2.08. The van der Waals surface area contributed by atoms with Crippen LogP contribution in [0.1, 0.15) is 15.9 Å². The van der Waals surface area contributed by atoms with E-state index in [0.29, 0.717) is 21.9 Å². The zero-order chi connectivity index (χ0) is 13.8. The van der Waals surface area contributed by atoms with E-state index in [1.807, 2.05) is 30.5 Å². The number of carbonyl (C=O) groups excluding carboxylic acids is 1. The molecule has 4 heteroatoms. The molecule has 0 atom stereocenters. The summed E-state index contributed by atoms with van der Waals surface area (Å²) < 4.78 is 5.08. The summed E-state index contributed by atoms with van der Waals surface area (Å²) in [5.74, 6) is 0.533. The Balaban J connectivity index is 2.41. The molecule has 0 heterocycles. The largest absolute Gasteiger partial charge is 0.495 e. The molecule has 2 aromatic rings. The topological polar surface area (TPSA) is 26.3 Å². The van der Waals surface area contributed by atoms with E-state index >= 15 is 0 Å². The van der Waals surface area contributed by atoms with Crippen molar-refractivity contribution >= 4 is 29.1 Å². The van der Waals surface area contributed by atoms with E-state index in [2.05, 4.69) is 0 Å². The predicted octanol–water partition coefficient (Wildman–Crippen LogP) is 4.30. The first kappa shape index (κ1) is 14.0. The van der Waals surface area contributed by atoms with Gasteiger partial charge in [0.05, 0.1) is 12.1 Å². The number of carbonyl (C=O) groups is 1. The number of hydrogen-bond donors (Lipinski definition) is 0. The first-order chi connectivity index (χ1) is 9.17. The van der Waals surface area contributed by atoms with Crippen molar-refractivity contribution in [2.24, 2.45) is 0 Å². The number of methoxy groups -OCH3 is 1. The molecular formula is C15H13ClO2S. The van der Waals surface area contributed by atoms with Crippen LogP contribution in [0.15, 0.2) is 47.4 Å². The van der Waals surface area contributed by atoms with Gasteiger partial charge in [-0.2, -0.15) is 0 Å². The second kappa shape index (κ2) is 6.13. The molecule has 2 aromatic carbocycles. The van der Waals surface area contributed by atoms with Gasteiger partial charge in [-0.25, -0.2) is 0 Å². The average molecular weight is 293 g/mol. The van der Waals surface area contributed by atoms with Gasteiger partial charge in [-0.05, 0) is 36.6 Å². The minimum atomic E-state index is -0.0329. The predicted molar refractivity (Wildman–Crippen MR) is 79.7 cm³/mol. The SMILES string of the molecule is COc1ccc(C(=O)c2ccccc2SC)cc1Cl. The zero-order valence-electron chi connectivity index (χ0n) is 10.6. The van der Waals surface area contributed by atoms with E-state index < -0.39 is 0 Å². The summed E-state index contributed by atoms with van der Waals surface area (Å²) in [6.45, 7) is 0. The van der Waals surface area contributed by atoms with Crippen LogP contribution < -0.4 is 4.74 Å². The van der Waals surface area contributed by atoms with Gasteiger partial charge in [0, 0.05) is 16.0 Å². The van der Waals surface area contributed by atoms with E-state index in [9.17, 15) is 4.79 Å². The molecule has 0 spiro atoms. The Kier molecular flexibility index (Phi) is 4.51. The van der Waals surface area contributed by atoms with Gasteiger partial charge in [0.25, 0.3) is 0 Å². The van der Waals surface area contributed by atoms with Crippen molar-refractivity contribution in [3.8, 4) is 5.75 Å². The maximum Gasteiger partial charge on any atom is 0.194 e. The van der Waals surface area contributed by atoms with Gasteiger partial charge in [0.15, 0.2) is 5.78 Å². The second-order valence-electron chi connectivity index (χ2n) is 3.88. The third-order valence-corrected chi connectivity index (χ3v) is 3.86. The van der Waals surface area contributed by atoms with Crippen LogP contribution in [-0.4, -0.2) is 19.1 Å². The molecule has 2 rings (SSSR count). The molecule has 0 bridgehead atoms. The highest BCUT2D eigenvalue weighted by Gasteiger charge is 2.14. The molecule has 0 saturated carbocycles. The Hall–Kier alpha value is -1.45. The molecule has 0 amide bonds. The fourth-order valence-corrected chi connectivity index (χ4v) is 2.65. The molecule has 0 aliphatic heterocycles. The lowest BCUT2D eigenvalue weighted by atomic mass is 10.0. The molecule has 19 heavy (non-hydrogen) atoms. The highest BCUT2D eigenvalue weighted by molar-refractivity contribution is 7.98. The lowest BCUT2D eigenvalue weighted by molar-refractivity contribution is 0.103. The Labute approximate surface area is 121 Å². The number of ketones is 1. The van der Waals surface area contributed by atoms with Crippen LogP contribution in [0.5, 0.6) is 5.75 Å². The summed E-state index contributed by atoms with van der Waals surface area (Å²) in [6, 6.07) is 12.6. The van der Waals surface area contributed by atoms with E-state index in [0.717, 1.165) is 4.90 Å². The van der Waals surface area contributed by atoms with Gasteiger partial charge in [0.2, 0.25) is 0 Å². The summed E-state index contributed by atoms with van der Waals surface area (Å²) in [5.41, 5.74) is 1.25. The van der Waals surface area contributed by atoms with Crippen LogP contribution in [0.3, 0.4) is 0 Å². The van der Waals surface area contributed by atoms with Crippen LogP contribution in [0.25, 0.3) is 0 Å². The molecule has 0 saturated heterocycles. The minimum absolute atomic E-state index is 0.0329. The third-order valence-electron chi connectivity index (χ3n) is 2.77. The zero-order valence-corrected chi connectivity index (χ0v) is 12.2. The van der Waals surface area contributed by atoms with Gasteiger partial charge >= 0.3 is 0 Å². The summed E-state index contributed by atoms with van der Waals surface area (Å²) in [7, 11) is 1.55. The number of ether oxygens (including phenoxy) is 1. The number of hydrogen-bond acceptors (Lipinski definition) is 3. The van der Waals surface area contributed by atoms with E-state index in [1.165, 1.54) is 0 Å². The van der Waals surface area contributed by atoms with Crippen molar-refractivity contribution < 1.29 is 9.53 Å². The van der Waals surface area contributed by atoms with Gasteiger partial charge in [-0.15, -0.1) is 11.8 Å². The molecule has 0 aromatic heterocycles. The summed E-state index contributed by atoms with van der Waals surface area (Å²) in [4.78, 5) is 13.4. The molecule has 0 N–H and O–H groups in total. The van der Waals surface area contributed by atoms with Gasteiger partial charge in [0.1, 0.15) is 5.75 Å². The van der Waals surface area contributed by atoms with Gasteiger partial charge in [-0.1, -0.05) is 23.7 Å². The monoisotopic (exact) mass is 292 g/mol. The van der Waals surface area contributed by atoms with Crippen LogP contribution >= 0.6 is 23.4 Å². The molecule has 0 aliphatic carbocycles. The van der Waals surface area contributed by atoms with E-state index in [-0.39, 0.29) is 5.78 Å². The fourth-order valence-electron chi connectivity index (χ4n) is 1.80. The molecule has 2 nitrogen and oxygen atoms in total. The molecule has 0 aliphatic rings. The maximum absolute atomic E-state index is 12.5. The van der Waals surface area contributed by atoms with Crippen LogP contribution in [0, 0.1) is 0 Å². The lowest BCUT2D eigenvalue weighted by Crippen LogP contribution is -2.03. The summed E-state index contributed by atoms with van der Waals surface area (Å²) >= 11 is 7.60. The molecule has 0 radical (unpaired) electrons. The number of halogens is 1. The summed E-state index contributed by atoms with van der Waals surface area (Å²) in [5, 5.41) is 0.440. The molecule has 0 unspecified atom stereocenters. The van der Waals surface area contributed by atoms with E-state index in [1.54, 1.807) is 37.1 Å².